The smallest absolute Gasteiger partial charge is 0.111 e. The maximum Gasteiger partial charge on any atom is 0.111 e. The van der Waals surface area contributed by atoms with Crippen LogP contribution >= 0.6 is 0 Å². The lowest BCUT2D eigenvalue weighted by Crippen LogP contribution is -2.07. The number of aliphatic hydroxyl groups is 1. The minimum absolute atomic E-state index is 0.508. The molecule has 0 fully saturated rings. The molecule has 0 amide bonds. The number of hydrogen-bond acceptors (Lipinski definition) is 3. The van der Waals surface area contributed by atoms with Gasteiger partial charge in [0.1, 0.15) is 5.82 Å². The van der Waals surface area contributed by atoms with Gasteiger partial charge in [-0.15, -0.1) is 0 Å². The SMILES string of the molecule is Cc1ccc(C(O)Cc2nccn2C)cn1. The Balaban J connectivity index is 2.11. The molecule has 0 aliphatic heterocycles. The first-order valence-electron chi connectivity index (χ1n) is 5.23. The zero-order valence-corrected chi connectivity index (χ0v) is 9.46. The minimum atomic E-state index is -0.547. The molecule has 2 heterocycles. The summed E-state index contributed by atoms with van der Waals surface area (Å²) in [6.45, 7) is 1.93. The third kappa shape index (κ3) is 2.28. The number of nitrogens with zero attached hydrogens (tertiary/aromatic N) is 3. The molecule has 0 aliphatic carbocycles. The highest BCUT2D eigenvalue weighted by molar-refractivity contribution is 5.16. The van der Waals surface area contributed by atoms with Crippen molar-refractivity contribution in [3.63, 3.8) is 0 Å². The van der Waals surface area contributed by atoms with Crippen LogP contribution < -0.4 is 0 Å². The third-order valence-electron chi connectivity index (χ3n) is 2.62. The number of hydrogen-bond donors (Lipinski definition) is 1. The number of aromatic nitrogens is 3. The molecule has 0 saturated heterocycles. The molecule has 2 aromatic rings. The van der Waals surface area contributed by atoms with Crippen molar-refractivity contribution >= 4 is 0 Å². The van der Waals surface area contributed by atoms with Crippen molar-refractivity contribution in [1.82, 2.24) is 14.5 Å². The number of rotatable bonds is 3. The van der Waals surface area contributed by atoms with Gasteiger partial charge in [0.15, 0.2) is 0 Å². The monoisotopic (exact) mass is 217 g/mol. The lowest BCUT2D eigenvalue weighted by atomic mass is 10.1. The molecule has 0 aromatic carbocycles. The molecule has 0 saturated carbocycles. The topological polar surface area (TPSA) is 50.9 Å². The highest BCUT2D eigenvalue weighted by Gasteiger charge is 2.11. The number of imidazole rings is 1. The van der Waals surface area contributed by atoms with E-state index < -0.39 is 6.10 Å². The van der Waals surface area contributed by atoms with Gasteiger partial charge in [-0.2, -0.15) is 0 Å². The Hall–Kier alpha value is -1.68. The second-order valence-electron chi connectivity index (χ2n) is 3.91. The number of aryl methyl sites for hydroxylation is 2. The molecule has 0 aliphatic rings. The minimum Gasteiger partial charge on any atom is -0.388 e. The largest absolute Gasteiger partial charge is 0.388 e. The Morgan fingerprint density at radius 1 is 1.38 bits per heavy atom. The van der Waals surface area contributed by atoms with Crippen molar-refractivity contribution in [2.75, 3.05) is 0 Å². The number of aliphatic hydroxyl groups excluding tert-OH is 1. The van der Waals surface area contributed by atoms with Crippen LogP contribution in [0.15, 0.2) is 30.7 Å². The molecule has 16 heavy (non-hydrogen) atoms. The maximum absolute atomic E-state index is 10.0. The van der Waals surface area contributed by atoms with Gasteiger partial charge in [-0.1, -0.05) is 6.07 Å². The summed E-state index contributed by atoms with van der Waals surface area (Å²) in [6, 6.07) is 3.80. The van der Waals surface area contributed by atoms with Crippen LogP contribution in [0.4, 0.5) is 0 Å². The van der Waals surface area contributed by atoms with Crippen LogP contribution in [-0.2, 0) is 13.5 Å². The predicted molar refractivity (Wildman–Crippen MR) is 60.8 cm³/mol. The van der Waals surface area contributed by atoms with Gasteiger partial charge in [0.05, 0.1) is 6.10 Å². The van der Waals surface area contributed by atoms with Crippen LogP contribution in [0.2, 0.25) is 0 Å². The summed E-state index contributed by atoms with van der Waals surface area (Å²) in [7, 11) is 1.92. The first-order chi connectivity index (χ1) is 7.66. The molecule has 84 valence electrons. The Bertz CT molecular complexity index is 461. The van der Waals surface area contributed by atoms with Gasteiger partial charge in [0.25, 0.3) is 0 Å². The van der Waals surface area contributed by atoms with E-state index in [0.717, 1.165) is 17.1 Å². The fourth-order valence-corrected chi connectivity index (χ4v) is 1.56. The average molecular weight is 217 g/mol. The average Bonchev–Trinajstić information content (AvgIpc) is 2.65. The molecule has 1 N–H and O–H groups in total. The first kappa shape index (κ1) is 10.8. The van der Waals surface area contributed by atoms with Crippen molar-refractivity contribution in [2.24, 2.45) is 7.05 Å². The Kier molecular flexibility index (Phi) is 3.01. The van der Waals surface area contributed by atoms with Crippen LogP contribution in [0.5, 0.6) is 0 Å². The van der Waals surface area contributed by atoms with Crippen molar-refractivity contribution < 1.29 is 5.11 Å². The van der Waals surface area contributed by atoms with Crippen LogP contribution in [-0.4, -0.2) is 19.6 Å². The maximum atomic E-state index is 10.0. The van der Waals surface area contributed by atoms with E-state index in [0.29, 0.717) is 6.42 Å². The summed E-state index contributed by atoms with van der Waals surface area (Å²) in [5, 5.41) is 10.0. The highest BCUT2D eigenvalue weighted by Crippen LogP contribution is 2.16. The lowest BCUT2D eigenvalue weighted by molar-refractivity contribution is 0.174. The standard InChI is InChI=1S/C12H15N3O/c1-9-3-4-10(8-14-9)11(16)7-12-13-5-6-15(12)2/h3-6,8,11,16H,7H2,1-2H3. The second-order valence-corrected chi connectivity index (χ2v) is 3.91. The van der Waals surface area contributed by atoms with Crippen LogP contribution in [0.25, 0.3) is 0 Å². The quantitative estimate of drug-likeness (QED) is 0.845. The molecule has 0 spiro atoms. The summed E-state index contributed by atoms with van der Waals surface area (Å²) in [5.74, 6) is 0.869. The van der Waals surface area contributed by atoms with Gasteiger partial charge in [0, 0.05) is 37.8 Å². The Morgan fingerprint density at radius 2 is 2.19 bits per heavy atom. The Morgan fingerprint density at radius 3 is 2.75 bits per heavy atom. The molecular formula is C12H15N3O. The predicted octanol–water partition coefficient (Wildman–Crippen LogP) is 1.40. The molecule has 1 atom stereocenters. The number of pyridine rings is 1. The summed E-state index contributed by atoms with van der Waals surface area (Å²) >= 11 is 0. The van der Waals surface area contributed by atoms with Crippen molar-refractivity contribution in [1.29, 1.82) is 0 Å². The van der Waals surface area contributed by atoms with E-state index in [1.807, 2.05) is 36.9 Å². The van der Waals surface area contributed by atoms with Gasteiger partial charge < -0.3 is 9.67 Å². The van der Waals surface area contributed by atoms with E-state index >= 15 is 0 Å². The molecule has 2 rings (SSSR count). The van der Waals surface area contributed by atoms with E-state index in [4.69, 9.17) is 0 Å². The molecule has 2 aromatic heterocycles. The van der Waals surface area contributed by atoms with Crippen molar-refractivity contribution in [3.05, 3.63) is 47.8 Å². The third-order valence-corrected chi connectivity index (χ3v) is 2.62. The van der Waals surface area contributed by atoms with E-state index in [-0.39, 0.29) is 0 Å². The van der Waals surface area contributed by atoms with Crippen molar-refractivity contribution in [3.8, 4) is 0 Å². The molecule has 4 nitrogen and oxygen atoms in total. The first-order valence-corrected chi connectivity index (χ1v) is 5.23. The van der Waals surface area contributed by atoms with Gasteiger partial charge in [0.2, 0.25) is 0 Å². The highest BCUT2D eigenvalue weighted by atomic mass is 16.3. The van der Waals surface area contributed by atoms with E-state index in [1.54, 1.807) is 12.4 Å². The van der Waals surface area contributed by atoms with E-state index in [9.17, 15) is 5.11 Å². The summed E-state index contributed by atoms with van der Waals surface area (Å²) in [5.41, 5.74) is 1.78. The van der Waals surface area contributed by atoms with Gasteiger partial charge in [-0.25, -0.2) is 4.98 Å². The molecule has 1 unspecified atom stereocenters. The zero-order valence-electron chi connectivity index (χ0n) is 9.46. The van der Waals surface area contributed by atoms with E-state index in [1.165, 1.54) is 0 Å². The van der Waals surface area contributed by atoms with Crippen molar-refractivity contribution in [2.45, 2.75) is 19.4 Å². The molecule has 0 radical (unpaired) electrons. The van der Waals surface area contributed by atoms with Gasteiger partial charge in [-0.05, 0) is 18.6 Å². The molecule has 0 bridgehead atoms. The molecular weight excluding hydrogens is 202 g/mol. The van der Waals surface area contributed by atoms with Gasteiger partial charge >= 0.3 is 0 Å². The van der Waals surface area contributed by atoms with E-state index in [2.05, 4.69) is 9.97 Å². The second kappa shape index (κ2) is 4.45. The van der Waals surface area contributed by atoms with Gasteiger partial charge in [-0.3, -0.25) is 4.98 Å². The zero-order chi connectivity index (χ0) is 11.5. The normalized spacial score (nSPS) is 12.7. The Labute approximate surface area is 94.6 Å². The lowest BCUT2D eigenvalue weighted by Gasteiger charge is -2.10. The molecule has 4 heteroatoms. The fraction of sp³-hybridized carbons (Fsp3) is 0.333. The van der Waals surface area contributed by atoms with Crippen LogP contribution in [0.3, 0.4) is 0 Å². The summed E-state index contributed by atoms with van der Waals surface area (Å²) in [6.07, 6.45) is 5.27. The van der Waals surface area contributed by atoms with Crippen LogP contribution in [0, 0.1) is 6.92 Å². The van der Waals surface area contributed by atoms with Crippen LogP contribution in [0.1, 0.15) is 23.2 Å². The summed E-state index contributed by atoms with van der Waals surface area (Å²) in [4.78, 5) is 8.35. The fourth-order valence-electron chi connectivity index (χ4n) is 1.56. The summed E-state index contributed by atoms with van der Waals surface area (Å²) < 4.78 is 1.91.